The van der Waals surface area contributed by atoms with E-state index in [2.05, 4.69) is 9.47 Å². The molecule has 13 unspecified atom stereocenters. The minimum atomic E-state index is -0.842. The Balaban J connectivity index is -0.0000000889. The number of ether oxygens (including phenoxy) is 13. The molecule has 0 aromatic heterocycles. The van der Waals surface area contributed by atoms with E-state index in [9.17, 15) is 5.11 Å². The molecule has 13 atom stereocenters. The van der Waals surface area contributed by atoms with Crippen LogP contribution in [-0.4, -0.2) is 368 Å². The molecule has 17 N–H and O–H groups in total. The number of hydrogen-bond acceptors (Lipinski definition) is 30. The number of methoxy groups -OCH3 is 6. The molecule has 1 fully saturated rings. The van der Waals surface area contributed by atoms with Crippen molar-refractivity contribution in [2.45, 2.75) is 133 Å². The first-order valence-corrected chi connectivity index (χ1v) is 25.1. The van der Waals surface area contributed by atoms with E-state index in [0.717, 1.165) is 0 Å². The van der Waals surface area contributed by atoms with E-state index in [1.165, 1.54) is 35.5 Å². The first kappa shape index (κ1) is 98.9. The molecule has 0 spiro atoms. The molecule has 0 bridgehead atoms. The Morgan fingerprint density at radius 2 is 0.625 bits per heavy atom. The second-order valence-electron chi connectivity index (χ2n) is 16.6. The first-order valence-electron chi connectivity index (χ1n) is 25.1. The van der Waals surface area contributed by atoms with Crippen molar-refractivity contribution in [3.05, 3.63) is 0 Å². The quantitative estimate of drug-likeness (QED) is 0.0259. The Kier molecular flexibility index (Phi) is 95.1. The first-order chi connectivity index (χ1) is 37.1. The van der Waals surface area contributed by atoms with E-state index in [1.807, 2.05) is 6.92 Å². The van der Waals surface area contributed by atoms with Crippen LogP contribution in [0.1, 0.15) is 43.0 Å². The summed E-state index contributed by atoms with van der Waals surface area (Å²) in [7, 11) is 9.12. The number of aliphatic hydroxyl groups excluding tert-OH is 17. The van der Waals surface area contributed by atoms with Crippen LogP contribution in [0.4, 0.5) is 0 Å². The van der Waals surface area contributed by atoms with Crippen molar-refractivity contribution in [3.8, 4) is 0 Å². The van der Waals surface area contributed by atoms with Gasteiger partial charge in [0.25, 0.3) is 0 Å². The largest absolute Gasteiger partial charge is 1.00 e. The monoisotopic (exact) mass is 1200 g/mol. The van der Waals surface area contributed by atoms with Crippen LogP contribution in [0.2, 0.25) is 0 Å². The summed E-state index contributed by atoms with van der Waals surface area (Å²) in [5.41, 5.74) is 0. The van der Waals surface area contributed by atoms with E-state index < -0.39 is 30.7 Å². The van der Waals surface area contributed by atoms with Gasteiger partial charge in [0.2, 0.25) is 0 Å². The smallest absolute Gasteiger partial charge is 1.00 e. The van der Waals surface area contributed by atoms with Gasteiger partial charge in [-0.2, -0.15) is 0 Å². The van der Waals surface area contributed by atoms with Gasteiger partial charge in [-0.3, -0.25) is 0 Å². The molecule has 3 radical (unpaired) electrons. The minimum absolute atomic E-state index is 0. The van der Waals surface area contributed by atoms with Crippen LogP contribution in [-0.2, 0) is 61.6 Å². The fourth-order valence-corrected chi connectivity index (χ4v) is 4.63. The number of rotatable bonds is 36. The second-order valence-corrected chi connectivity index (χ2v) is 16.6. The zero-order valence-corrected chi connectivity index (χ0v) is 52.0. The molecule has 1 aliphatic heterocycles. The Morgan fingerprint density at radius 1 is 0.388 bits per heavy atom. The summed E-state index contributed by atoms with van der Waals surface area (Å²) in [5, 5.41) is 145. The van der Waals surface area contributed by atoms with Gasteiger partial charge in [0.1, 0.15) is 48.8 Å². The van der Waals surface area contributed by atoms with E-state index in [1.54, 1.807) is 41.7 Å². The van der Waals surface area contributed by atoms with Crippen LogP contribution < -0.4 is 29.6 Å². The third kappa shape index (κ3) is 74.0. The minimum Gasteiger partial charge on any atom is -1.00 e. The standard InChI is InChI=1S/C7H14O4.3C7H16O4.2C6H14O4.2C4H10O3.B.Na.H/c1-5-3-10-7(8)6(11-5)4-9-2;3*1-6(3-8)11-7(4-9)5-10-2;2*1-5(2-7)10-6(3-8)4-9;2*1-7-3-4(6)2-5;;;/h5-8H,3-4H2,1-2H3;3*6-9H,3-5H2,1-2H3;2*5-9H,2-4H2,1H3;2*4-6H,2-3H2,1H3;;;/q;;;;;;;;;+1;-1. The van der Waals surface area contributed by atoms with Gasteiger partial charge in [-0.05, 0) is 41.5 Å². The summed E-state index contributed by atoms with van der Waals surface area (Å²) in [4.78, 5) is 0. The van der Waals surface area contributed by atoms with Gasteiger partial charge in [0.15, 0.2) is 6.29 Å². The molecule has 1 saturated heterocycles. The van der Waals surface area contributed by atoms with Gasteiger partial charge < -0.3 is 150 Å². The molecule has 1 heterocycles. The number of aliphatic hydroxyl groups is 17. The molecular formula is C48H111BNaO30. The molecule has 0 aromatic rings. The second kappa shape index (κ2) is 76.9. The molecule has 0 saturated carbocycles. The van der Waals surface area contributed by atoms with Crippen molar-refractivity contribution in [1.29, 1.82) is 0 Å². The van der Waals surface area contributed by atoms with Crippen LogP contribution >= 0.6 is 0 Å². The molecule has 0 amide bonds. The van der Waals surface area contributed by atoms with E-state index in [-0.39, 0.29) is 206 Å². The normalized spacial score (nSPS) is 18.1. The SMILES string of the molecule is CC(CO)OC(CO)CO.CC(CO)OC(CO)CO.COCC(CO)OC(C)CO.COCC(CO)OC(C)CO.COCC(CO)OC(C)CO.COCC(O)CO.COCC(O)CO.COCC1OC(C)COC1O.[B].[H-].[Na+]. The van der Waals surface area contributed by atoms with Crippen LogP contribution in [0.15, 0.2) is 0 Å². The van der Waals surface area contributed by atoms with E-state index >= 15 is 0 Å². The summed E-state index contributed by atoms with van der Waals surface area (Å²) in [5.74, 6) is 0. The molecule has 1 aliphatic rings. The van der Waals surface area contributed by atoms with Gasteiger partial charge >= 0.3 is 29.6 Å². The van der Waals surface area contributed by atoms with Gasteiger partial charge in [0, 0.05) is 51.1 Å². The molecule has 1 rings (SSSR count). The van der Waals surface area contributed by atoms with Crippen molar-refractivity contribution in [2.24, 2.45) is 0 Å². The summed E-state index contributed by atoms with van der Waals surface area (Å²) >= 11 is 0. The van der Waals surface area contributed by atoms with Gasteiger partial charge in [0.05, 0.1) is 175 Å². The van der Waals surface area contributed by atoms with Gasteiger partial charge in [-0.1, -0.05) is 0 Å². The Bertz CT molecular complexity index is 999. The van der Waals surface area contributed by atoms with Crippen LogP contribution in [0, 0.1) is 0 Å². The van der Waals surface area contributed by atoms with Crippen molar-refractivity contribution in [1.82, 2.24) is 0 Å². The summed E-state index contributed by atoms with van der Waals surface area (Å²) in [6.07, 6.45) is -6.11. The fourth-order valence-electron chi connectivity index (χ4n) is 4.63. The van der Waals surface area contributed by atoms with Gasteiger partial charge in [-0.15, -0.1) is 0 Å². The maximum atomic E-state index is 9.19. The molecule has 80 heavy (non-hydrogen) atoms. The molecular weight excluding hydrogens is 1090 g/mol. The summed E-state index contributed by atoms with van der Waals surface area (Å²) in [6, 6.07) is 0. The van der Waals surface area contributed by atoms with Crippen LogP contribution in [0.25, 0.3) is 0 Å². The van der Waals surface area contributed by atoms with Crippen molar-refractivity contribution in [3.63, 3.8) is 0 Å². The zero-order valence-electron chi connectivity index (χ0n) is 51.0. The summed E-state index contributed by atoms with van der Waals surface area (Å²) in [6.45, 7) is 10.8. The predicted octanol–water partition coefficient (Wildman–Crippen LogP) is -9.89. The Hall–Kier alpha value is -0.135. The zero-order chi connectivity index (χ0) is 61.7. The molecule has 30 nitrogen and oxygen atoms in total. The molecule has 0 aliphatic carbocycles. The maximum absolute atomic E-state index is 9.19. The average Bonchev–Trinajstić information content (AvgIpc) is 3.45. The third-order valence-corrected chi connectivity index (χ3v) is 8.59. The molecule has 0 aromatic carbocycles. The third-order valence-electron chi connectivity index (χ3n) is 8.59. The van der Waals surface area contributed by atoms with E-state index in [0.29, 0.717) is 33.0 Å². The Labute approximate surface area is 500 Å². The Morgan fingerprint density at radius 3 is 0.800 bits per heavy atom. The predicted molar refractivity (Wildman–Crippen MR) is 287 cm³/mol. The van der Waals surface area contributed by atoms with Crippen LogP contribution in [0.3, 0.4) is 0 Å². The van der Waals surface area contributed by atoms with Crippen molar-refractivity contribution >= 4 is 8.41 Å². The van der Waals surface area contributed by atoms with Crippen molar-refractivity contribution in [2.75, 3.05) is 181 Å². The van der Waals surface area contributed by atoms with Gasteiger partial charge in [-0.25, -0.2) is 0 Å². The number of hydrogen-bond donors (Lipinski definition) is 17. The topological polar surface area (TPSA) is 464 Å². The van der Waals surface area contributed by atoms with E-state index in [4.69, 9.17) is 134 Å². The summed E-state index contributed by atoms with van der Waals surface area (Å²) < 4.78 is 63.9. The van der Waals surface area contributed by atoms with Crippen LogP contribution in [0.5, 0.6) is 0 Å². The average molecular weight is 1200 g/mol. The fraction of sp³-hybridized carbons (Fsp3) is 1.00. The van der Waals surface area contributed by atoms with Crippen molar-refractivity contribution < 1.29 is 179 Å². The maximum Gasteiger partial charge on any atom is 1.00 e. The molecule has 32 heteroatoms. The molecule has 487 valence electrons.